The van der Waals surface area contributed by atoms with Gasteiger partial charge in [-0.25, -0.2) is 4.98 Å². The highest BCUT2D eigenvalue weighted by Gasteiger charge is 2.05. The minimum Gasteiger partial charge on any atom is -0.356 e. The van der Waals surface area contributed by atoms with E-state index in [0.29, 0.717) is 6.54 Å². The molecular weight excluding hydrogens is 461 g/mol. The maximum atomic E-state index is 4.41. The maximum Gasteiger partial charge on any atom is 0.191 e. The van der Waals surface area contributed by atoms with Crippen molar-refractivity contribution in [1.29, 1.82) is 0 Å². The summed E-state index contributed by atoms with van der Waals surface area (Å²) in [7, 11) is 1.78. The fraction of sp³-hybridized carbons (Fsp3) is 0.412. The Bertz CT molecular complexity index is 842. The molecule has 0 aliphatic rings. The van der Waals surface area contributed by atoms with Crippen LogP contribution in [0.4, 0.5) is 0 Å². The highest BCUT2D eigenvalue weighted by atomic mass is 127. The van der Waals surface area contributed by atoms with Gasteiger partial charge in [-0.2, -0.15) is 0 Å². The van der Waals surface area contributed by atoms with E-state index in [1.165, 1.54) is 4.88 Å². The molecule has 7 nitrogen and oxygen atoms in total. The second kappa shape index (κ2) is 10.4. The van der Waals surface area contributed by atoms with Gasteiger partial charge < -0.3 is 10.6 Å². The molecule has 0 bridgehead atoms. The predicted octanol–water partition coefficient (Wildman–Crippen LogP) is 2.66. The largest absolute Gasteiger partial charge is 0.356 e. The van der Waals surface area contributed by atoms with Crippen LogP contribution in [0, 0.1) is 0 Å². The fourth-order valence-corrected chi connectivity index (χ4v) is 3.29. The summed E-state index contributed by atoms with van der Waals surface area (Å²) in [5, 5.41) is 16.1. The van der Waals surface area contributed by atoms with Crippen LogP contribution in [0.1, 0.15) is 29.1 Å². The Labute approximate surface area is 174 Å². The van der Waals surface area contributed by atoms with Crippen molar-refractivity contribution in [1.82, 2.24) is 30.2 Å². The van der Waals surface area contributed by atoms with E-state index in [-0.39, 0.29) is 24.0 Å². The number of nitrogens with zero attached hydrogens (tertiary/aromatic N) is 5. The Hall–Kier alpha value is -1.75. The van der Waals surface area contributed by atoms with Gasteiger partial charge in [-0.15, -0.1) is 45.5 Å². The van der Waals surface area contributed by atoms with Crippen molar-refractivity contribution in [3.63, 3.8) is 0 Å². The third kappa shape index (κ3) is 5.37. The summed E-state index contributed by atoms with van der Waals surface area (Å²) in [5.74, 6) is 1.77. The zero-order valence-corrected chi connectivity index (χ0v) is 18.1. The van der Waals surface area contributed by atoms with Crippen LogP contribution in [-0.4, -0.2) is 39.1 Å². The van der Waals surface area contributed by atoms with Crippen molar-refractivity contribution in [2.75, 3.05) is 13.6 Å². The third-order valence-corrected chi connectivity index (χ3v) is 4.98. The van der Waals surface area contributed by atoms with E-state index < -0.39 is 0 Å². The van der Waals surface area contributed by atoms with Crippen molar-refractivity contribution < 1.29 is 0 Å². The minimum absolute atomic E-state index is 0. The summed E-state index contributed by atoms with van der Waals surface area (Å²) in [6, 6.07) is 5.92. The lowest BCUT2D eigenvalue weighted by Gasteiger charge is -2.10. The molecule has 0 aliphatic carbocycles. The topological polar surface area (TPSA) is 79.5 Å². The Kier molecular flexibility index (Phi) is 8.23. The number of hydrogen-bond acceptors (Lipinski definition) is 5. The van der Waals surface area contributed by atoms with Crippen LogP contribution in [-0.2, 0) is 19.4 Å². The monoisotopic (exact) mass is 485 g/mol. The number of guanidine groups is 1. The number of nitrogens with one attached hydrogen (secondary N) is 2. The quantitative estimate of drug-likeness (QED) is 0.233. The van der Waals surface area contributed by atoms with E-state index in [0.717, 1.165) is 48.2 Å². The van der Waals surface area contributed by atoms with Gasteiger partial charge in [-0.05, 0) is 25.0 Å². The minimum atomic E-state index is 0. The molecule has 140 valence electrons. The molecule has 3 aromatic heterocycles. The van der Waals surface area contributed by atoms with Crippen LogP contribution in [0.25, 0.3) is 5.65 Å². The molecule has 9 heteroatoms. The van der Waals surface area contributed by atoms with Crippen LogP contribution in [0.5, 0.6) is 0 Å². The van der Waals surface area contributed by atoms with Gasteiger partial charge in [-0.3, -0.25) is 9.39 Å². The summed E-state index contributed by atoms with van der Waals surface area (Å²) in [6.45, 7) is 3.66. The summed E-state index contributed by atoms with van der Waals surface area (Å²) < 4.78 is 2.03. The Morgan fingerprint density at radius 1 is 1.27 bits per heavy atom. The molecule has 3 heterocycles. The zero-order chi connectivity index (χ0) is 17.5. The van der Waals surface area contributed by atoms with E-state index >= 15 is 0 Å². The Morgan fingerprint density at radius 2 is 2.15 bits per heavy atom. The molecule has 0 saturated heterocycles. The Balaban J connectivity index is 0.00000243. The smallest absolute Gasteiger partial charge is 0.191 e. The van der Waals surface area contributed by atoms with E-state index in [2.05, 4.69) is 37.7 Å². The van der Waals surface area contributed by atoms with E-state index in [1.54, 1.807) is 18.4 Å². The lowest BCUT2D eigenvalue weighted by molar-refractivity contribution is 0.713. The molecule has 0 saturated carbocycles. The van der Waals surface area contributed by atoms with Gasteiger partial charge in [0.25, 0.3) is 0 Å². The van der Waals surface area contributed by atoms with Crippen molar-refractivity contribution in [2.24, 2.45) is 4.99 Å². The van der Waals surface area contributed by atoms with Crippen LogP contribution in [0.2, 0.25) is 0 Å². The second-order valence-corrected chi connectivity index (χ2v) is 6.77. The number of hydrogen-bond donors (Lipinski definition) is 2. The number of aliphatic imine (C=N–C) groups is 1. The number of aromatic nitrogens is 4. The van der Waals surface area contributed by atoms with Crippen LogP contribution in [0.3, 0.4) is 0 Å². The first-order chi connectivity index (χ1) is 12.3. The number of aryl methyl sites for hydroxylation is 2. The lowest BCUT2D eigenvalue weighted by Crippen LogP contribution is -2.37. The number of halogens is 1. The second-order valence-electron chi connectivity index (χ2n) is 5.58. The van der Waals surface area contributed by atoms with Crippen LogP contribution >= 0.6 is 35.3 Å². The molecule has 2 N–H and O–H groups in total. The van der Waals surface area contributed by atoms with Crippen LogP contribution < -0.4 is 10.6 Å². The number of thiazole rings is 1. The van der Waals surface area contributed by atoms with Gasteiger partial charge in [0.1, 0.15) is 10.8 Å². The van der Waals surface area contributed by atoms with Gasteiger partial charge in [0.2, 0.25) is 0 Å². The first-order valence-electron chi connectivity index (χ1n) is 8.47. The first kappa shape index (κ1) is 20.6. The van der Waals surface area contributed by atoms with Gasteiger partial charge in [0.15, 0.2) is 11.6 Å². The van der Waals surface area contributed by atoms with E-state index in [9.17, 15) is 0 Å². The highest BCUT2D eigenvalue weighted by Crippen LogP contribution is 2.12. The summed E-state index contributed by atoms with van der Waals surface area (Å²) >= 11 is 1.74. The summed E-state index contributed by atoms with van der Waals surface area (Å²) in [5.41, 5.74) is 0.887. The average molecular weight is 485 g/mol. The lowest BCUT2D eigenvalue weighted by atomic mass is 10.3. The molecule has 26 heavy (non-hydrogen) atoms. The number of fused-ring (bicyclic) bond motifs is 1. The average Bonchev–Trinajstić information content (AvgIpc) is 3.28. The van der Waals surface area contributed by atoms with Gasteiger partial charge in [0.05, 0.1) is 6.54 Å². The van der Waals surface area contributed by atoms with Crippen molar-refractivity contribution in [3.8, 4) is 0 Å². The van der Waals surface area contributed by atoms with Crippen molar-refractivity contribution in [3.05, 3.63) is 46.3 Å². The maximum absolute atomic E-state index is 4.41. The molecular formula is C17H24IN7S. The van der Waals surface area contributed by atoms with E-state index in [1.807, 2.05) is 35.0 Å². The molecule has 0 amide bonds. The number of pyridine rings is 1. The van der Waals surface area contributed by atoms with Gasteiger partial charge in [0, 0.05) is 37.3 Å². The molecule has 0 atom stereocenters. The molecule has 0 spiro atoms. The van der Waals surface area contributed by atoms with Crippen LogP contribution in [0.15, 0.2) is 35.6 Å². The molecule has 3 aromatic rings. The van der Waals surface area contributed by atoms with Crippen molar-refractivity contribution in [2.45, 2.75) is 32.7 Å². The molecule has 0 aliphatic heterocycles. The first-order valence-corrected chi connectivity index (χ1v) is 9.28. The molecule has 0 aromatic carbocycles. The summed E-state index contributed by atoms with van der Waals surface area (Å²) in [4.78, 5) is 9.97. The van der Waals surface area contributed by atoms with Gasteiger partial charge >= 0.3 is 0 Å². The van der Waals surface area contributed by atoms with Gasteiger partial charge in [-0.1, -0.05) is 13.0 Å². The number of rotatable bonds is 7. The third-order valence-electron chi connectivity index (χ3n) is 3.83. The molecule has 0 unspecified atom stereocenters. The summed E-state index contributed by atoms with van der Waals surface area (Å²) in [6.07, 6.45) is 6.79. The highest BCUT2D eigenvalue weighted by molar-refractivity contribution is 14.0. The van der Waals surface area contributed by atoms with E-state index in [4.69, 9.17) is 0 Å². The Morgan fingerprint density at radius 3 is 2.92 bits per heavy atom. The SMILES string of the molecule is CCc1cnc(CNC(=NC)NCCCc2nnc3ccccn23)s1.I. The standard InChI is InChI=1S/C17H23N7S.HI/c1-3-13-11-20-16(25-13)12-21-17(18-2)19-9-6-8-15-23-22-14-7-4-5-10-24(14)15;/h4-5,7,10-11H,3,6,8-9,12H2,1-2H3,(H2,18,19,21);1H. The zero-order valence-electron chi connectivity index (χ0n) is 15.0. The molecule has 3 rings (SSSR count). The fourth-order valence-electron chi connectivity index (χ4n) is 2.49. The molecule has 0 radical (unpaired) electrons. The predicted molar refractivity (Wildman–Crippen MR) is 116 cm³/mol. The van der Waals surface area contributed by atoms with Crippen molar-refractivity contribution >= 4 is 46.9 Å². The molecule has 0 fully saturated rings. The normalized spacial score (nSPS) is 11.4.